The monoisotopic (exact) mass is 323 g/mol. The molecule has 0 fully saturated rings. The number of benzene rings is 2. The lowest BCUT2D eigenvalue weighted by atomic mass is 10.1. The van der Waals surface area contributed by atoms with Gasteiger partial charge in [-0.1, -0.05) is 41.4 Å². The summed E-state index contributed by atoms with van der Waals surface area (Å²) in [6.07, 6.45) is -0.822. The number of hydrogen-bond donors (Lipinski definition) is 3. The van der Waals surface area contributed by atoms with Crippen molar-refractivity contribution in [3.8, 4) is 0 Å². The van der Waals surface area contributed by atoms with Gasteiger partial charge < -0.3 is 16.2 Å². The molecule has 0 aliphatic carbocycles. The van der Waals surface area contributed by atoms with Gasteiger partial charge in [0.1, 0.15) is 0 Å². The minimum Gasteiger partial charge on any atom is -0.386 e. The molecule has 0 aliphatic rings. The van der Waals surface area contributed by atoms with Gasteiger partial charge in [0.25, 0.3) is 0 Å². The quantitative estimate of drug-likeness (QED) is 0.596. The summed E-state index contributed by atoms with van der Waals surface area (Å²) >= 11 is 11.8. The van der Waals surface area contributed by atoms with Gasteiger partial charge in [0, 0.05) is 15.7 Å². The minimum absolute atomic E-state index is 0.113. The molecule has 0 aliphatic heterocycles. The van der Waals surface area contributed by atoms with Gasteiger partial charge in [0.15, 0.2) is 5.96 Å². The summed E-state index contributed by atoms with van der Waals surface area (Å²) in [7, 11) is 0. The number of anilines is 1. The van der Waals surface area contributed by atoms with Gasteiger partial charge in [-0.3, -0.25) is 4.99 Å². The molecule has 0 radical (unpaired) electrons. The molecule has 0 saturated carbocycles. The van der Waals surface area contributed by atoms with Crippen molar-refractivity contribution in [1.82, 2.24) is 0 Å². The van der Waals surface area contributed by atoms with Crippen LogP contribution in [0.15, 0.2) is 53.5 Å². The SMILES string of the molecule is NC(=NCC(O)c1cc(Cl)cc(Cl)c1)Nc1ccccc1. The Kier molecular flexibility index (Phi) is 5.44. The van der Waals surface area contributed by atoms with Crippen LogP contribution in [0.1, 0.15) is 11.7 Å². The van der Waals surface area contributed by atoms with E-state index in [-0.39, 0.29) is 12.5 Å². The third kappa shape index (κ3) is 4.93. The highest BCUT2D eigenvalue weighted by atomic mass is 35.5. The lowest BCUT2D eigenvalue weighted by molar-refractivity contribution is 0.187. The van der Waals surface area contributed by atoms with Gasteiger partial charge in [-0.2, -0.15) is 0 Å². The molecule has 21 heavy (non-hydrogen) atoms. The molecular weight excluding hydrogens is 309 g/mol. The topological polar surface area (TPSA) is 70.6 Å². The molecule has 0 heterocycles. The molecular formula is C15H15Cl2N3O. The molecule has 2 rings (SSSR count). The normalized spacial score (nSPS) is 13.0. The van der Waals surface area contributed by atoms with E-state index in [1.165, 1.54) is 0 Å². The summed E-state index contributed by atoms with van der Waals surface area (Å²) in [4.78, 5) is 4.10. The van der Waals surface area contributed by atoms with Gasteiger partial charge >= 0.3 is 0 Å². The third-order valence-corrected chi connectivity index (χ3v) is 3.19. The van der Waals surface area contributed by atoms with Crippen molar-refractivity contribution in [2.45, 2.75) is 6.10 Å². The van der Waals surface area contributed by atoms with Crippen LogP contribution >= 0.6 is 23.2 Å². The minimum atomic E-state index is -0.822. The van der Waals surface area contributed by atoms with Crippen molar-refractivity contribution < 1.29 is 5.11 Å². The van der Waals surface area contributed by atoms with Gasteiger partial charge in [-0.05, 0) is 35.9 Å². The van der Waals surface area contributed by atoms with E-state index in [1.54, 1.807) is 18.2 Å². The van der Waals surface area contributed by atoms with E-state index in [4.69, 9.17) is 28.9 Å². The largest absolute Gasteiger partial charge is 0.386 e. The fourth-order valence-corrected chi connectivity index (χ4v) is 2.31. The number of nitrogens with two attached hydrogens (primary N) is 1. The van der Waals surface area contributed by atoms with Gasteiger partial charge in [-0.25, -0.2) is 0 Å². The maximum Gasteiger partial charge on any atom is 0.193 e. The predicted octanol–water partition coefficient (Wildman–Crippen LogP) is 3.45. The van der Waals surface area contributed by atoms with Crippen LogP contribution in [0, 0.1) is 0 Å². The van der Waals surface area contributed by atoms with Crippen molar-refractivity contribution in [3.63, 3.8) is 0 Å². The highest BCUT2D eigenvalue weighted by Gasteiger charge is 2.09. The first-order valence-electron chi connectivity index (χ1n) is 6.30. The van der Waals surface area contributed by atoms with Crippen LogP contribution in [-0.4, -0.2) is 17.6 Å². The number of nitrogens with one attached hydrogen (secondary N) is 1. The van der Waals surface area contributed by atoms with E-state index in [1.807, 2.05) is 30.3 Å². The molecule has 0 spiro atoms. The summed E-state index contributed by atoms with van der Waals surface area (Å²) in [6.45, 7) is 0.113. The number of aliphatic imine (C=N–C) groups is 1. The number of para-hydroxylation sites is 1. The Balaban J connectivity index is 1.99. The number of aliphatic hydroxyl groups is 1. The van der Waals surface area contributed by atoms with E-state index < -0.39 is 6.10 Å². The zero-order valence-corrected chi connectivity index (χ0v) is 12.6. The molecule has 4 nitrogen and oxygen atoms in total. The highest BCUT2D eigenvalue weighted by Crippen LogP contribution is 2.23. The molecule has 4 N–H and O–H groups in total. The van der Waals surface area contributed by atoms with E-state index in [9.17, 15) is 5.11 Å². The molecule has 1 atom stereocenters. The van der Waals surface area contributed by atoms with Crippen LogP contribution in [0.4, 0.5) is 5.69 Å². The Morgan fingerprint density at radius 1 is 1.14 bits per heavy atom. The first kappa shape index (κ1) is 15.6. The zero-order valence-electron chi connectivity index (χ0n) is 11.1. The van der Waals surface area contributed by atoms with Gasteiger partial charge in [0.2, 0.25) is 0 Å². The Morgan fingerprint density at radius 3 is 2.38 bits per heavy atom. The number of rotatable bonds is 4. The highest BCUT2D eigenvalue weighted by molar-refractivity contribution is 6.34. The number of hydrogen-bond acceptors (Lipinski definition) is 2. The van der Waals surface area contributed by atoms with Gasteiger partial charge in [0.05, 0.1) is 12.6 Å². The second kappa shape index (κ2) is 7.31. The van der Waals surface area contributed by atoms with Crippen molar-refractivity contribution in [3.05, 3.63) is 64.1 Å². The molecule has 110 valence electrons. The third-order valence-electron chi connectivity index (χ3n) is 2.75. The van der Waals surface area contributed by atoms with Crippen LogP contribution in [-0.2, 0) is 0 Å². The number of halogens is 2. The maximum absolute atomic E-state index is 10.1. The fraction of sp³-hybridized carbons (Fsp3) is 0.133. The summed E-state index contributed by atoms with van der Waals surface area (Å²) in [5.41, 5.74) is 7.20. The first-order chi connectivity index (χ1) is 10.0. The fourth-order valence-electron chi connectivity index (χ4n) is 1.77. The molecule has 0 saturated heterocycles. The smallest absolute Gasteiger partial charge is 0.193 e. The molecule has 2 aromatic carbocycles. The predicted molar refractivity (Wildman–Crippen MR) is 88.0 cm³/mol. The van der Waals surface area contributed by atoms with Gasteiger partial charge in [-0.15, -0.1) is 0 Å². The average molecular weight is 324 g/mol. The van der Waals surface area contributed by atoms with E-state index >= 15 is 0 Å². The summed E-state index contributed by atoms with van der Waals surface area (Å²) in [6, 6.07) is 14.3. The molecule has 0 aromatic heterocycles. The Morgan fingerprint density at radius 2 is 1.76 bits per heavy atom. The molecule has 0 bridgehead atoms. The second-order valence-electron chi connectivity index (χ2n) is 4.44. The second-order valence-corrected chi connectivity index (χ2v) is 5.31. The zero-order chi connectivity index (χ0) is 15.2. The summed E-state index contributed by atoms with van der Waals surface area (Å²) < 4.78 is 0. The summed E-state index contributed by atoms with van der Waals surface area (Å²) in [5, 5.41) is 13.9. The number of nitrogens with zero attached hydrogens (tertiary/aromatic N) is 1. The Bertz CT molecular complexity index is 612. The van der Waals surface area contributed by atoms with Crippen molar-refractivity contribution in [1.29, 1.82) is 0 Å². The van der Waals surface area contributed by atoms with E-state index in [0.717, 1.165) is 5.69 Å². The molecule has 6 heteroatoms. The molecule has 0 amide bonds. The van der Waals surface area contributed by atoms with Crippen LogP contribution in [0.5, 0.6) is 0 Å². The standard InChI is InChI=1S/C15H15Cl2N3O/c16-11-6-10(7-12(17)8-11)14(21)9-19-15(18)20-13-4-2-1-3-5-13/h1-8,14,21H,9H2,(H3,18,19,20). The van der Waals surface area contributed by atoms with E-state index in [0.29, 0.717) is 15.6 Å². The van der Waals surface area contributed by atoms with Crippen LogP contribution in [0.2, 0.25) is 10.0 Å². The lowest BCUT2D eigenvalue weighted by Crippen LogP contribution is -2.23. The average Bonchev–Trinajstić information content (AvgIpc) is 2.45. The van der Waals surface area contributed by atoms with Crippen LogP contribution in [0.3, 0.4) is 0 Å². The van der Waals surface area contributed by atoms with Crippen LogP contribution in [0.25, 0.3) is 0 Å². The first-order valence-corrected chi connectivity index (χ1v) is 7.06. The number of guanidine groups is 1. The molecule has 2 aromatic rings. The lowest BCUT2D eigenvalue weighted by Gasteiger charge is -2.10. The van der Waals surface area contributed by atoms with Crippen LogP contribution < -0.4 is 11.1 Å². The van der Waals surface area contributed by atoms with E-state index in [2.05, 4.69) is 10.3 Å². The van der Waals surface area contributed by atoms with Crippen molar-refractivity contribution in [2.75, 3.05) is 11.9 Å². The maximum atomic E-state index is 10.1. The Labute approximate surface area is 133 Å². The molecule has 1 unspecified atom stereocenters. The van der Waals surface area contributed by atoms with Crippen molar-refractivity contribution >= 4 is 34.8 Å². The van der Waals surface area contributed by atoms with Crippen molar-refractivity contribution in [2.24, 2.45) is 10.7 Å². The summed E-state index contributed by atoms with van der Waals surface area (Å²) in [5.74, 6) is 0.230. The Hall–Kier alpha value is -1.75. The number of aliphatic hydroxyl groups excluding tert-OH is 1.